The summed E-state index contributed by atoms with van der Waals surface area (Å²) in [6.07, 6.45) is 1.94. The summed E-state index contributed by atoms with van der Waals surface area (Å²) in [5.74, 6) is 2.02. The van der Waals surface area contributed by atoms with E-state index in [1.54, 1.807) is 7.11 Å². The second-order valence-electron chi connectivity index (χ2n) is 7.65. The molecule has 172 valence electrons. The Morgan fingerprint density at radius 1 is 1.03 bits per heavy atom. The highest BCUT2D eigenvalue weighted by Crippen LogP contribution is 2.37. The minimum Gasteiger partial charge on any atom is -0.497 e. The average molecular weight is 440 g/mol. The molecule has 6 nitrogen and oxygen atoms in total. The molecule has 1 heterocycles. The van der Waals surface area contributed by atoms with Crippen LogP contribution >= 0.6 is 0 Å². The molecular formula is C26H33NO5. The maximum atomic E-state index is 11.4. The number of fused-ring (bicyclic) bond motifs is 1. The zero-order chi connectivity index (χ0) is 22.9. The minimum absolute atomic E-state index is 0.209. The van der Waals surface area contributed by atoms with Crippen molar-refractivity contribution < 1.29 is 23.4 Å². The van der Waals surface area contributed by atoms with Crippen molar-refractivity contribution in [1.82, 2.24) is 4.90 Å². The summed E-state index contributed by atoms with van der Waals surface area (Å²) in [6.45, 7) is 8.06. The van der Waals surface area contributed by atoms with Gasteiger partial charge in [-0.25, -0.2) is 0 Å². The Hall–Kier alpha value is -2.99. The molecule has 0 aliphatic heterocycles. The molecule has 3 rings (SSSR count). The van der Waals surface area contributed by atoms with Gasteiger partial charge in [-0.05, 0) is 61.8 Å². The number of furan rings is 1. The standard InChI is InChI=1S/C26H33NO5/c1-5-27(6-2)14-7-15-31-24-18-21(29-3)10-11-22(24)25-17-20-16-19(8-12-23(20)32-25)9-13-26(28)30-4/h8,10-12,16-18H,5-7,9,13-15H2,1-4H3. The fourth-order valence-electron chi connectivity index (χ4n) is 3.69. The highest BCUT2D eigenvalue weighted by Gasteiger charge is 2.14. The summed E-state index contributed by atoms with van der Waals surface area (Å²) >= 11 is 0. The molecule has 0 spiro atoms. The molecule has 0 fully saturated rings. The van der Waals surface area contributed by atoms with Gasteiger partial charge in [0.1, 0.15) is 22.8 Å². The second kappa shape index (κ2) is 11.6. The highest BCUT2D eigenvalue weighted by molar-refractivity contribution is 5.85. The number of aryl methyl sites for hydroxylation is 1. The van der Waals surface area contributed by atoms with E-state index < -0.39 is 0 Å². The van der Waals surface area contributed by atoms with Crippen LogP contribution in [-0.4, -0.2) is 51.3 Å². The van der Waals surface area contributed by atoms with Crippen LogP contribution in [0.15, 0.2) is 46.9 Å². The van der Waals surface area contributed by atoms with Crippen LogP contribution in [0.1, 0.15) is 32.3 Å². The molecule has 2 aromatic carbocycles. The van der Waals surface area contributed by atoms with Gasteiger partial charge in [-0.3, -0.25) is 4.79 Å². The Labute approximate surface area is 190 Å². The number of ether oxygens (including phenoxy) is 3. The van der Waals surface area contributed by atoms with Crippen molar-refractivity contribution in [2.24, 2.45) is 0 Å². The van der Waals surface area contributed by atoms with Crippen molar-refractivity contribution in [3.8, 4) is 22.8 Å². The van der Waals surface area contributed by atoms with E-state index in [9.17, 15) is 4.79 Å². The predicted octanol–water partition coefficient (Wildman–Crippen LogP) is 5.32. The molecule has 0 saturated heterocycles. The summed E-state index contributed by atoms with van der Waals surface area (Å²) < 4.78 is 22.4. The first-order chi connectivity index (χ1) is 15.6. The van der Waals surface area contributed by atoms with Crippen LogP contribution in [-0.2, 0) is 16.0 Å². The SMILES string of the molecule is CCN(CC)CCCOc1cc(OC)ccc1-c1cc2cc(CCC(=O)OC)ccc2o1. The van der Waals surface area contributed by atoms with Gasteiger partial charge in [-0.1, -0.05) is 19.9 Å². The maximum absolute atomic E-state index is 11.4. The van der Waals surface area contributed by atoms with E-state index in [0.29, 0.717) is 19.4 Å². The number of hydrogen-bond donors (Lipinski definition) is 0. The first-order valence-corrected chi connectivity index (χ1v) is 11.2. The van der Waals surface area contributed by atoms with Crippen molar-refractivity contribution in [3.63, 3.8) is 0 Å². The number of benzene rings is 2. The van der Waals surface area contributed by atoms with Gasteiger partial charge in [0, 0.05) is 24.4 Å². The van der Waals surface area contributed by atoms with Crippen LogP contribution in [0.2, 0.25) is 0 Å². The van der Waals surface area contributed by atoms with Crippen LogP contribution in [0.25, 0.3) is 22.3 Å². The number of carbonyl (C=O) groups excluding carboxylic acids is 1. The molecule has 0 aliphatic rings. The molecule has 0 saturated carbocycles. The number of methoxy groups -OCH3 is 2. The molecule has 0 aliphatic carbocycles. The van der Waals surface area contributed by atoms with Gasteiger partial charge in [0.15, 0.2) is 0 Å². The summed E-state index contributed by atoms with van der Waals surface area (Å²) in [5.41, 5.74) is 2.75. The summed E-state index contributed by atoms with van der Waals surface area (Å²) in [5, 5.41) is 0.991. The Morgan fingerprint density at radius 2 is 1.84 bits per heavy atom. The third-order valence-corrected chi connectivity index (χ3v) is 5.65. The second-order valence-corrected chi connectivity index (χ2v) is 7.65. The van der Waals surface area contributed by atoms with Crippen LogP contribution in [0.4, 0.5) is 0 Å². The topological polar surface area (TPSA) is 61.1 Å². The van der Waals surface area contributed by atoms with Crippen molar-refractivity contribution in [2.75, 3.05) is 40.5 Å². The van der Waals surface area contributed by atoms with E-state index in [2.05, 4.69) is 24.8 Å². The predicted molar refractivity (Wildman–Crippen MR) is 126 cm³/mol. The zero-order valence-corrected chi connectivity index (χ0v) is 19.5. The Balaban J connectivity index is 1.78. The van der Waals surface area contributed by atoms with Crippen LogP contribution in [0, 0.1) is 0 Å². The third-order valence-electron chi connectivity index (χ3n) is 5.65. The normalized spacial score (nSPS) is 11.2. The Bertz CT molecular complexity index is 1020. The molecule has 3 aromatic rings. The number of esters is 1. The quantitative estimate of drug-likeness (QED) is 0.281. The van der Waals surface area contributed by atoms with Crippen molar-refractivity contribution in [2.45, 2.75) is 33.1 Å². The van der Waals surface area contributed by atoms with E-state index in [4.69, 9.17) is 18.6 Å². The highest BCUT2D eigenvalue weighted by atomic mass is 16.5. The number of rotatable bonds is 12. The molecule has 32 heavy (non-hydrogen) atoms. The monoisotopic (exact) mass is 439 g/mol. The van der Waals surface area contributed by atoms with Gasteiger partial charge < -0.3 is 23.5 Å². The number of hydrogen-bond acceptors (Lipinski definition) is 6. The van der Waals surface area contributed by atoms with Crippen LogP contribution in [0.3, 0.4) is 0 Å². The maximum Gasteiger partial charge on any atom is 0.305 e. The average Bonchev–Trinajstić information content (AvgIpc) is 3.25. The van der Waals surface area contributed by atoms with E-state index in [1.807, 2.05) is 36.4 Å². The lowest BCUT2D eigenvalue weighted by Crippen LogP contribution is -2.25. The van der Waals surface area contributed by atoms with Gasteiger partial charge in [-0.15, -0.1) is 0 Å². The van der Waals surface area contributed by atoms with Gasteiger partial charge in [-0.2, -0.15) is 0 Å². The molecule has 0 radical (unpaired) electrons. The van der Waals surface area contributed by atoms with Crippen molar-refractivity contribution in [3.05, 3.63) is 48.0 Å². The first-order valence-electron chi connectivity index (χ1n) is 11.2. The zero-order valence-electron chi connectivity index (χ0n) is 19.5. The van der Waals surface area contributed by atoms with E-state index in [0.717, 1.165) is 65.4 Å². The lowest BCUT2D eigenvalue weighted by Gasteiger charge is -2.18. The van der Waals surface area contributed by atoms with E-state index in [1.165, 1.54) is 7.11 Å². The molecule has 6 heteroatoms. The lowest BCUT2D eigenvalue weighted by atomic mass is 10.1. The smallest absolute Gasteiger partial charge is 0.305 e. The summed E-state index contributed by atoms with van der Waals surface area (Å²) in [6, 6.07) is 13.8. The van der Waals surface area contributed by atoms with E-state index in [-0.39, 0.29) is 5.97 Å². The molecule has 0 atom stereocenters. The fraction of sp³-hybridized carbons (Fsp3) is 0.423. The van der Waals surface area contributed by atoms with Crippen LogP contribution < -0.4 is 9.47 Å². The van der Waals surface area contributed by atoms with Gasteiger partial charge >= 0.3 is 5.97 Å². The summed E-state index contributed by atoms with van der Waals surface area (Å²) in [7, 11) is 3.06. The minimum atomic E-state index is -0.209. The number of carbonyl (C=O) groups is 1. The molecule has 0 unspecified atom stereocenters. The van der Waals surface area contributed by atoms with Crippen LogP contribution in [0.5, 0.6) is 11.5 Å². The molecular weight excluding hydrogens is 406 g/mol. The largest absolute Gasteiger partial charge is 0.497 e. The lowest BCUT2D eigenvalue weighted by molar-refractivity contribution is -0.140. The van der Waals surface area contributed by atoms with Gasteiger partial charge in [0.2, 0.25) is 0 Å². The first kappa shape index (κ1) is 23.7. The van der Waals surface area contributed by atoms with Crippen molar-refractivity contribution >= 4 is 16.9 Å². The molecule has 0 amide bonds. The summed E-state index contributed by atoms with van der Waals surface area (Å²) in [4.78, 5) is 13.8. The fourth-order valence-corrected chi connectivity index (χ4v) is 3.69. The third kappa shape index (κ3) is 6.04. The number of nitrogens with zero attached hydrogens (tertiary/aromatic N) is 1. The van der Waals surface area contributed by atoms with Crippen molar-refractivity contribution in [1.29, 1.82) is 0 Å². The Kier molecular flexibility index (Phi) is 8.56. The molecule has 1 aromatic heterocycles. The van der Waals surface area contributed by atoms with E-state index >= 15 is 0 Å². The van der Waals surface area contributed by atoms with Gasteiger partial charge in [0.25, 0.3) is 0 Å². The molecule has 0 bridgehead atoms. The molecule has 0 N–H and O–H groups in total. The van der Waals surface area contributed by atoms with Gasteiger partial charge in [0.05, 0.1) is 26.4 Å². The Morgan fingerprint density at radius 3 is 2.56 bits per heavy atom.